The highest BCUT2D eigenvalue weighted by atomic mass is 79.9. The zero-order valence-electron chi connectivity index (χ0n) is 7.49. The summed E-state index contributed by atoms with van der Waals surface area (Å²) in [5.41, 5.74) is 5.72. The number of rotatable bonds is 1. The van der Waals surface area contributed by atoms with Gasteiger partial charge in [-0.05, 0) is 22.0 Å². The van der Waals surface area contributed by atoms with Crippen LogP contribution in [0, 0.1) is 5.51 Å². The largest absolute Gasteiger partial charge is 0.345 e. The second-order valence-corrected chi connectivity index (χ2v) is 4.65. The minimum atomic E-state index is 0.876. The van der Waals surface area contributed by atoms with Crippen molar-refractivity contribution in [2.75, 3.05) is 0 Å². The molecular weight excluding hydrogens is 274 g/mol. The standard InChI is InChI=1S/C10H5BrN3S/c11-6-1-7-8(9-4-15-5-14-9)3-13-10(7)12-2-6/h1-4H,(H,12,13). The van der Waals surface area contributed by atoms with E-state index >= 15 is 0 Å². The first kappa shape index (κ1) is 9.06. The van der Waals surface area contributed by atoms with Gasteiger partial charge in [0, 0.05) is 33.2 Å². The zero-order chi connectivity index (χ0) is 10.3. The summed E-state index contributed by atoms with van der Waals surface area (Å²) >= 11 is 4.88. The van der Waals surface area contributed by atoms with E-state index in [2.05, 4.69) is 36.4 Å². The van der Waals surface area contributed by atoms with Crippen molar-refractivity contribution in [3.05, 3.63) is 33.8 Å². The van der Waals surface area contributed by atoms with E-state index in [-0.39, 0.29) is 0 Å². The number of H-pyrrole nitrogens is 1. The number of thiazole rings is 1. The molecule has 3 aromatic heterocycles. The van der Waals surface area contributed by atoms with E-state index in [1.54, 1.807) is 6.20 Å². The van der Waals surface area contributed by atoms with Gasteiger partial charge in [-0.25, -0.2) is 9.97 Å². The third-order valence-electron chi connectivity index (χ3n) is 2.16. The number of aromatic amines is 1. The van der Waals surface area contributed by atoms with E-state index in [1.165, 1.54) is 11.3 Å². The molecule has 0 amide bonds. The molecule has 0 atom stereocenters. The fourth-order valence-electron chi connectivity index (χ4n) is 1.50. The highest BCUT2D eigenvalue weighted by Gasteiger charge is 2.08. The van der Waals surface area contributed by atoms with Gasteiger partial charge in [0.2, 0.25) is 0 Å². The number of aromatic nitrogens is 3. The van der Waals surface area contributed by atoms with Crippen molar-refractivity contribution in [2.45, 2.75) is 0 Å². The van der Waals surface area contributed by atoms with Crippen LogP contribution < -0.4 is 0 Å². The Morgan fingerprint density at radius 2 is 2.40 bits per heavy atom. The third-order valence-corrected chi connectivity index (χ3v) is 3.13. The molecule has 3 aromatic rings. The quantitative estimate of drug-likeness (QED) is 0.743. The Labute approximate surface area is 98.3 Å². The Morgan fingerprint density at radius 3 is 3.20 bits per heavy atom. The SMILES string of the molecule is Brc1cnc2[nH]cc(-c3cs[c]n3)c2c1. The smallest absolute Gasteiger partial charge is 0.152 e. The Balaban J connectivity index is 2.32. The van der Waals surface area contributed by atoms with E-state index < -0.39 is 0 Å². The molecule has 3 nitrogen and oxygen atoms in total. The Kier molecular flexibility index (Phi) is 2.07. The van der Waals surface area contributed by atoms with Gasteiger partial charge in [-0.3, -0.25) is 0 Å². The minimum Gasteiger partial charge on any atom is -0.345 e. The van der Waals surface area contributed by atoms with Crippen molar-refractivity contribution in [3.8, 4) is 11.3 Å². The summed E-state index contributed by atoms with van der Waals surface area (Å²) in [7, 11) is 0. The number of hydrogen-bond acceptors (Lipinski definition) is 3. The van der Waals surface area contributed by atoms with Crippen LogP contribution in [0.5, 0.6) is 0 Å². The molecule has 0 aromatic carbocycles. The van der Waals surface area contributed by atoms with Crippen molar-refractivity contribution >= 4 is 38.3 Å². The van der Waals surface area contributed by atoms with E-state index in [1.807, 2.05) is 17.6 Å². The number of fused-ring (bicyclic) bond motifs is 1. The lowest BCUT2D eigenvalue weighted by molar-refractivity contribution is 1.31. The van der Waals surface area contributed by atoms with Gasteiger partial charge in [0.1, 0.15) is 5.65 Å². The van der Waals surface area contributed by atoms with Crippen molar-refractivity contribution in [1.82, 2.24) is 15.0 Å². The second kappa shape index (κ2) is 3.43. The summed E-state index contributed by atoms with van der Waals surface area (Å²) < 4.78 is 0.968. The van der Waals surface area contributed by atoms with Crippen LogP contribution in [-0.2, 0) is 0 Å². The molecule has 73 valence electrons. The predicted octanol–water partition coefficient (Wildman–Crippen LogP) is 3.25. The number of halogens is 1. The van der Waals surface area contributed by atoms with Crippen LogP contribution in [-0.4, -0.2) is 15.0 Å². The fraction of sp³-hybridized carbons (Fsp3) is 0. The Hall–Kier alpha value is -1.20. The van der Waals surface area contributed by atoms with E-state index in [4.69, 9.17) is 0 Å². The first-order valence-electron chi connectivity index (χ1n) is 4.29. The summed E-state index contributed by atoms with van der Waals surface area (Å²) in [5.74, 6) is 0. The molecule has 0 aliphatic carbocycles. The number of nitrogens with zero attached hydrogens (tertiary/aromatic N) is 2. The lowest BCUT2D eigenvalue weighted by atomic mass is 10.2. The van der Waals surface area contributed by atoms with Gasteiger partial charge in [0.25, 0.3) is 0 Å². The number of hydrogen-bond donors (Lipinski definition) is 1. The molecular formula is C10H5BrN3S. The molecule has 15 heavy (non-hydrogen) atoms. The molecule has 3 heterocycles. The number of nitrogens with one attached hydrogen (secondary N) is 1. The number of pyridine rings is 1. The van der Waals surface area contributed by atoms with E-state index in [0.29, 0.717) is 0 Å². The summed E-state index contributed by atoms with van der Waals surface area (Å²) in [6.45, 7) is 0. The molecule has 0 unspecified atom stereocenters. The highest BCUT2D eigenvalue weighted by molar-refractivity contribution is 9.10. The first-order valence-corrected chi connectivity index (χ1v) is 5.96. The average Bonchev–Trinajstić information content (AvgIpc) is 2.83. The predicted molar refractivity (Wildman–Crippen MR) is 63.7 cm³/mol. The molecule has 0 fully saturated rings. The Bertz CT molecular complexity index is 600. The third kappa shape index (κ3) is 1.48. The fourth-order valence-corrected chi connectivity index (χ4v) is 2.32. The van der Waals surface area contributed by atoms with Gasteiger partial charge in [0.15, 0.2) is 5.51 Å². The maximum absolute atomic E-state index is 4.27. The molecule has 1 radical (unpaired) electrons. The Morgan fingerprint density at radius 1 is 1.47 bits per heavy atom. The van der Waals surface area contributed by atoms with Gasteiger partial charge in [-0.1, -0.05) is 0 Å². The lowest BCUT2D eigenvalue weighted by Crippen LogP contribution is -1.77. The van der Waals surface area contributed by atoms with Crippen molar-refractivity contribution in [2.24, 2.45) is 0 Å². The topological polar surface area (TPSA) is 41.6 Å². The zero-order valence-corrected chi connectivity index (χ0v) is 9.89. The van der Waals surface area contributed by atoms with Gasteiger partial charge < -0.3 is 4.98 Å². The van der Waals surface area contributed by atoms with Crippen LogP contribution in [0.2, 0.25) is 0 Å². The summed E-state index contributed by atoms with van der Waals surface area (Å²) in [4.78, 5) is 11.6. The van der Waals surface area contributed by atoms with Crippen LogP contribution in [0.25, 0.3) is 22.3 Å². The van der Waals surface area contributed by atoms with Crippen LogP contribution in [0.15, 0.2) is 28.3 Å². The van der Waals surface area contributed by atoms with Gasteiger partial charge in [-0.2, -0.15) is 0 Å². The first-order chi connectivity index (χ1) is 7.34. The summed E-state index contributed by atoms with van der Waals surface area (Å²) in [5, 5.41) is 3.05. The highest BCUT2D eigenvalue weighted by Crippen LogP contribution is 2.28. The monoisotopic (exact) mass is 278 g/mol. The van der Waals surface area contributed by atoms with Crippen LogP contribution >= 0.6 is 27.3 Å². The maximum Gasteiger partial charge on any atom is 0.152 e. The van der Waals surface area contributed by atoms with Crippen LogP contribution in [0.3, 0.4) is 0 Å². The van der Waals surface area contributed by atoms with Crippen molar-refractivity contribution in [1.29, 1.82) is 0 Å². The summed E-state index contributed by atoms with van der Waals surface area (Å²) in [6.07, 6.45) is 3.70. The van der Waals surface area contributed by atoms with Crippen LogP contribution in [0.4, 0.5) is 0 Å². The van der Waals surface area contributed by atoms with E-state index in [9.17, 15) is 0 Å². The van der Waals surface area contributed by atoms with Gasteiger partial charge >= 0.3 is 0 Å². The molecule has 0 bridgehead atoms. The van der Waals surface area contributed by atoms with Gasteiger partial charge in [0.05, 0.1) is 5.69 Å². The molecule has 1 N–H and O–H groups in total. The molecule has 0 spiro atoms. The average molecular weight is 279 g/mol. The molecule has 0 saturated heterocycles. The second-order valence-electron chi connectivity index (χ2n) is 3.08. The molecule has 0 aliphatic heterocycles. The molecule has 3 rings (SSSR count). The normalized spacial score (nSPS) is 11.0. The lowest BCUT2D eigenvalue weighted by Gasteiger charge is -1.94. The van der Waals surface area contributed by atoms with E-state index in [0.717, 1.165) is 26.8 Å². The van der Waals surface area contributed by atoms with Crippen molar-refractivity contribution < 1.29 is 0 Å². The molecule has 5 heteroatoms. The molecule has 0 saturated carbocycles. The van der Waals surface area contributed by atoms with Crippen LogP contribution in [0.1, 0.15) is 0 Å². The maximum atomic E-state index is 4.27. The van der Waals surface area contributed by atoms with Gasteiger partial charge in [-0.15, -0.1) is 11.3 Å². The summed E-state index contributed by atoms with van der Waals surface area (Å²) in [6, 6.07) is 2.04. The molecule has 0 aliphatic rings. The minimum absolute atomic E-state index is 0.876. The van der Waals surface area contributed by atoms with Crippen molar-refractivity contribution in [3.63, 3.8) is 0 Å².